The van der Waals surface area contributed by atoms with Crippen LogP contribution in [0.15, 0.2) is 17.1 Å². The number of hydrogen-bond acceptors (Lipinski definition) is 5. The molecule has 1 rings (SSSR count). The number of rotatable bonds is 8. The van der Waals surface area contributed by atoms with Crippen LogP contribution in [0.1, 0.15) is 5.56 Å². The van der Waals surface area contributed by atoms with Gasteiger partial charge in [-0.2, -0.15) is 11.8 Å². The second-order valence-corrected chi connectivity index (χ2v) is 5.34. The van der Waals surface area contributed by atoms with Gasteiger partial charge < -0.3 is 24.8 Å². The van der Waals surface area contributed by atoms with Gasteiger partial charge in [0, 0.05) is 31.5 Å². The predicted octanol–water partition coefficient (Wildman–Crippen LogP) is 2.36. The van der Waals surface area contributed by atoms with Crippen molar-refractivity contribution in [3.8, 4) is 17.2 Å². The van der Waals surface area contributed by atoms with Crippen molar-refractivity contribution in [1.29, 1.82) is 0 Å². The average Bonchev–Trinajstić information content (AvgIpc) is 2.57. The highest BCUT2D eigenvalue weighted by Crippen LogP contribution is 2.33. The summed E-state index contributed by atoms with van der Waals surface area (Å²) in [6.07, 6.45) is 2.07. The first-order valence-corrected chi connectivity index (χ1v) is 8.31. The lowest BCUT2D eigenvalue weighted by molar-refractivity contribution is 0.368. The Labute approximate surface area is 159 Å². The smallest absolute Gasteiger partial charge is 0.191 e. The zero-order chi connectivity index (χ0) is 16.4. The zero-order valence-electron chi connectivity index (χ0n) is 14.3. The minimum absolute atomic E-state index is 0. The lowest BCUT2D eigenvalue weighted by Crippen LogP contribution is -2.38. The number of halogens is 1. The molecule has 23 heavy (non-hydrogen) atoms. The highest BCUT2D eigenvalue weighted by molar-refractivity contribution is 14.0. The highest BCUT2D eigenvalue weighted by Gasteiger charge is 2.13. The molecule has 0 heterocycles. The lowest BCUT2D eigenvalue weighted by Gasteiger charge is -2.17. The summed E-state index contributed by atoms with van der Waals surface area (Å²) in [4.78, 5) is 4.20. The minimum atomic E-state index is 0. The first-order chi connectivity index (χ1) is 10.7. The molecular formula is C15H26IN3O3S. The Morgan fingerprint density at radius 3 is 2.13 bits per heavy atom. The average molecular weight is 455 g/mol. The van der Waals surface area contributed by atoms with Crippen molar-refractivity contribution in [1.82, 2.24) is 10.6 Å². The molecule has 0 aliphatic carbocycles. The van der Waals surface area contributed by atoms with E-state index in [1.54, 1.807) is 40.1 Å². The van der Waals surface area contributed by atoms with E-state index in [9.17, 15) is 0 Å². The van der Waals surface area contributed by atoms with Crippen LogP contribution >= 0.6 is 35.7 Å². The van der Waals surface area contributed by atoms with E-state index >= 15 is 0 Å². The Morgan fingerprint density at radius 1 is 1.09 bits per heavy atom. The molecule has 0 bridgehead atoms. The highest BCUT2D eigenvalue weighted by atomic mass is 127. The summed E-state index contributed by atoms with van der Waals surface area (Å²) in [6, 6.07) is 3.67. The third kappa shape index (κ3) is 6.94. The standard InChI is InChI=1S/C15H25N3O3S.HI/c1-16-15(17-6-7-22-5)18-10-12-13(20-3)8-11(19-2)9-14(12)21-4;/h8-9H,6-7,10H2,1-5H3,(H2,16,17,18);1H. The molecule has 0 aromatic heterocycles. The molecule has 8 heteroatoms. The van der Waals surface area contributed by atoms with Crippen LogP contribution in [0, 0.1) is 0 Å². The van der Waals surface area contributed by atoms with Gasteiger partial charge >= 0.3 is 0 Å². The van der Waals surface area contributed by atoms with Crippen molar-refractivity contribution in [3.05, 3.63) is 17.7 Å². The first-order valence-electron chi connectivity index (χ1n) is 6.92. The van der Waals surface area contributed by atoms with E-state index in [0.717, 1.165) is 23.8 Å². The van der Waals surface area contributed by atoms with E-state index in [4.69, 9.17) is 14.2 Å². The molecule has 6 nitrogen and oxygen atoms in total. The SMILES string of the molecule is CN=C(NCCSC)NCc1c(OC)cc(OC)cc1OC.I. The van der Waals surface area contributed by atoms with E-state index in [1.807, 2.05) is 12.1 Å². The van der Waals surface area contributed by atoms with Crippen LogP contribution in [0.5, 0.6) is 17.2 Å². The summed E-state index contributed by atoms with van der Waals surface area (Å²) in [7, 11) is 6.62. The van der Waals surface area contributed by atoms with Crippen molar-refractivity contribution in [3.63, 3.8) is 0 Å². The second-order valence-electron chi connectivity index (χ2n) is 4.36. The van der Waals surface area contributed by atoms with E-state index in [-0.39, 0.29) is 24.0 Å². The fourth-order valence-electron chi connectivity index (χ4n) is 1.92. The van der Waals surface area contributed by atoms with Gasteiger partial charge in [0.2, 0.25) is 0 Å². The molecular weight excluding hydrogens is 429 g/mol. The van der Waals surface area contributed by atoms with Gasteiger partial charge in [-0.25, -0.2) is 0 Å². The quantitative estimate of drug-likeness (QED) is 0.272. The Morgan fingerprint density at radius 2 is 1.70 bits per heavy atom. The number of methoxy groups -OCH3 is 3. The summed E-state index contributed by atoms with van der Waals surface area (Å²) in [6.45, 7) is 1.40. The number of nitrogens with zero attached hydrogens (tertiary/aromatic N) is 1. The van der Waals surface area contributed by atoms with Crippen molar-refractivity contribution < 1.29 is 14.2 Å². The number of aliphatic imine (C=N–C) groups is 1. The second kappa shape index (κ2) is 12.4. The molecule has 0 amide bonds. The zero-order valence-corrected chi connectivity index (χ0v) is 17.4. The van der Waals surface area contributed by atoms with E-state index in [0.29, 0.717) is 23.8 Å². The normalized spacial score (nSPS) is 10.6. The van der Waals surface area contributed by atoms with Crippen LogP contribution in [0.2, 0.25) is 0 Å². The van der Waals surface area contributed by atoms with Crippen molar-refractivity contribution in [2.45, 2.75) is 6.54 Å². The van der Waals surface area contributed by atoms with Gasteiger partial charge in [0.05, 0.1) is 33.4 Å². The number of benzene rings is 1. The molecule has 0 atom stereocenters. The van der Waals surface area contributed by atoms with Crippen molar-refractivity contribution in [2.75, 3.05) is 46.9 Å². The molecule has 0 aliphatic heterocycles. The first kappa shape index (κ1) is 22.0. The van der Waals surface area contributed by atoms with Gasteiger partial charge in [0.1, 0.15) is 17.2 Å². The molecule has 0 aliphatic rings. The number of nitrogens with one attached hydrogen (secondary N) is 2. The Balaban J connectivity index is 0.00000484. The molecule has 132 valence electrons. The maximum atomic E-state index is 5.43. The van der Waals surface area contributed by atoms with E-state index < -0.39 is 0 Å². The maximum absolute atomic E-state index is 5.43. The van der Waals surface area contributed by atoms with Crippen LogP contribution in [-0.2, 0) is 6.54 Å². The Hall–Kier alpha value is -1.03. The van der Waals surface area contributed by atoms with Gasteiger partial charge in [-0.15, -0.1) is 24.0 Å². The van der Waals surface area contributed by atoms with Crippen LogP contribution in [0.25, 0.3) is 0 Å². The molecule has 0 radical (unpaired) electrons. The van der Waals surface area contributed by atoms with Gasteiger partial charge in [0.15, 0.2) is 5.96 Å². The largest absolute Gasteiger partial charge is 0.496 e. The minimum Gasteiger partial charge on any atom is -0.496 e. The Bertz CT molecular complexity index is 476. The molecule has 1 aromatic rings. The monoisotopic (exact) mass is 455 g/mol. The topological polar surface area (TPSA) is 64.1 Å². The number of guanidine groups is 1. The molecule has 1 aromatic carbocycles. The molecule has 0 saturated heterocycles. The number of hydrogen-bond donors (Lipinski definition) is 2. The number of thioether (sulfide) groups is 1. The molecule has 0 saturated carbocycles. The van der Waals surface area contributed by atoms with Crippen LogP contribution in [0.3, 0.4) is 0 Å². The van der Waals surface area contributed by atoms with Gasteiger partial charge in [0.25, 0.3) is 0 Å². The van der Waals surface area contributed by atoms with Crippen LogP contribution < -0.4 is 24.8 Å². The van der Waals surface area contributed by atoms with E-state index in [1.165, 1.54) is 0 Å². The van der Waals surface area contributed by atoms with Crippen molar-refractivity contribution >= 4 is 41.7 Å². The molecule has 0 unspecified atom stereocenters. The summed E-state index contributed by atoms with van der Waals surface area (Å²) >= 11 is 1.79. The summed E-state index contributed by atoms with van der Waals surface area (Å²) in [5, 5.41) is 6.51. The third-order valence-corrected chi connectivity index (χ3v) is 3.68. The third-order valence-electron chi connectivity index (χ3n) is 3.07. The summed E-state index contributed by atoms with van der Waals surface area (Å²) < 4.78 is 16.1. The summed E-state index contributed by atoms with van der Waals surface area (Å²) in [5.41, 5.74) is 0.915. The lowest BCUT2D eigenvalue weighted by atomic mass is 10.1. The summed E-state index contributed by atoms with van der Waals surface area (Å²) in [5.74, 6) is 3.89. The van der Waals surface area contributed by atoms with E-state index in [2.05, 4.69) is 21.9 Å². The molecule has 2 N–H and O–H groups in total. The van der Waals surface area contributed by atoms with Crippen LogP contribution in [0.4, 0.5) is 0 Å². The van der Waals surface area contributed by atoms with Crippen molar-refractivity contribution in [2.24, 2.45) is 4.99 Å². The fourth-order valence-corrected chi connectivity index (χ4v) is 2.22. The van der Waals surface area contributed by atoms with Gasteiger partial charge in [-0.05, 0) is 6.26 Å². The van der Waals surface area contributed by atoms with Gasteiger partial charge in [-0.3, -0.25) is 4.99 Å². The molecule has 0 spiro atoms. The molecule has 0 fully saturated rings. The predicted molar refractivity (Wildman–Crippen MR) is 108 cm³/mol. The number of ether oxygens (including phenoxy) is 3. The maximum Gasteiger partial charge on any atom is 0.191 e. The Kier molecular flexibility index (Phi) is 11.8. The van der Waals surface area contributed by atoms with Gasteiger partial charge in [-0.1, -0.05) is 0 Å². The fraction of sp³-hybridized carbons (Fsp3) is 0.533. The van der Waals surface area contributed by atoms with Crippen LogP contribution in [-0.4, -0.2) is 52.9 Å².